The minimum atomic E-state index is -4.79. The number of epoxide rings is 1. The molecule has 0 aromatic rings. The topological polar surface area (TPSA) is 132 Å². The highest BCUT2D eigenvalue weighted by atomic mass is 31.2. The lowest BCUT2D eigenvalue weighted by Crippen LogP contribution is -2.29. The van der Waals surface area contributed by atoms with Crippen molar-refractivity contribution in [2.75, 3.05) is 13.2 Å². The average molecular weight is 759 g/mol. The van der Waals surface area contributed by atoms with E-state index in [4.69, 9.17) is 24.0 Å². The number of ether oxygens (including phenoxy) is 3. The molecule has 0 aromatic carbocycles. The van der Waals surface area contributed by atoms with Gasteiger partial charge in [0, 0.05) is 12.8 Å². The highest BCUT2D eigenvalue weighted by Crippen LogP contribution is 2.36. The molecule has 9 nitrogen and oxygen atoms in total. The minimum absolute atomic E-state index is 0.0735. The fourth-order valence-electron chi connectivity index (χ4n) is 5.04. The van der Waals surface area contributed by atoms with Crippen LogP contribution in [0.3, 0.4) is 0 Å². The van der Waals surface area contributed by atoms with Gasteiger partial charge in [-0.25, -0.2) is 4.57 Å². The summed E-state index contributed by atoms with van der Waals surface area (Å²) in [5, 5.41) is 0. The van der Waals surface area contributed by atoms with Gasteiger partial charge < -0.3 is 24.0 Å². The zero-order valence-electron chi connectivity index (χ0n) is 32.3. The zero-order chi connectivity index (χ0) is 38.7. The standard InChI is InChI=1S/C43H67O9P/c1-3-5-7-8-9-10-11-12-13-14-18-21-24-27-31-35-42(44)49-37-39(38-50-53(46,47)48)51-43(45)36-32-28-25-22-19-16-15-17-20-23-26-30-34-41-40(52-41)33-29-6-4-2/h5-7,9-10,12-13,16-17,19-20,25-26,28-30,39-41H,3-4,8,11,14-15,18,21-24,27,31-38H2,1-2H3,(H2,46,47,48)/b7-5-,10-9-,13-12-,19-16-,20-17-,28-25-,29-6-,30-26-/t39-,40?,41?/m1/s1. The van der Waals surface area contributed by atoms with E-state index in [0.29, 0.717) is 25.0 Å². The maximum atomic E-state index is 12.4. The van der Waals surface area contributed by atoms with Crippen LogP contribution in [0.2, 0.25) is 0 Å². The number of phosphoric acid groups is 1. The van der Waals surface area contributed by atoms with Crippen LogP contribution in [0.4, 0.5) is 0 Å². The quantitative estimate of drug-likeness (QED) is 0.0221. The molecule has 0 saturated carbocycles. The van der Waals surface area contributed by atoms with Gasteiger partial charge >= 0.3 is 19.8 Å². The van der Waals surface area contributed by atoms with Crippen molar-refractivity contribution < 1.29 is 42.7 Å². The molecule has 53 heavy (non-hydrogen) atoms. The lowest BCUT2D eigenvalue weighted by Gasteiger charge is -2.18. The molecule has 2 unspecified atom stereocenters. The van der Waals surface area contributed by atoms with Gasteiger partial charge in [0.05, 0.1) is 18.8 Å². The second kappa shape index (κ2) is 33.5. The maximum absolute atomic E-state index is 12.4. The van der Waals surface area contributed by atoms with E-state index in [1.807, 2.05) is 12.2 Å². The summed E-state index contributed by atoms with van der Waals surface area (Å²) in [5.74, 6) is -1.02. The molecule has 2 N–H and O–H groups in total. The first-order valence-corrected chi connectivity index (χ1v) is 21.2. The van der Waals surface area contributed by atoms with Crippen LogP contribution in [0.25, 0.3) is 0 Å². The molecule has 3 atom stereocenters. The van der Waals surface area contributed by atoms with Crippen molar-refractivity contribution in [3.8, 4) is 0 Å². The molecule has 0 spiro atoms. The Labute approximate surface area is 319 Å². The van der Waals surface area contributed by atoms with Crippen molar-refractivity contribution in [2.24, 2.45) is 0 Å². The number of allylic oxidation sites excluding steroid dienone is 14. The number of rotatable bonds is 33. The Morgan fingerprint density at radius 1 is 0.585 bits per heavy atom. The Balaban J connectivity index is 2.16. The molecule has 0 amide bonds. The Hall–Kier alpha value is -3.07. The van der Waals surface area contributed by atoms with Crippen LogP contribution in [-0.2, 0) is 32.9 Å². The molecule has 1 heterocycles. The molecule has 0 bridgehead atoms. The highest BCUT2D eigenvalue weighted by molar-refractivity contribution is 7.46. The number of hydrogen-bond acceptors (Lipinski definition) is 7. The number of esters is 2. The van der Waals surface area contributed by atoms with E-state index in [9.17, 15) is 14.2 Å². The van der Waals surface area contributed by atoms with Gasteiger partial charge in [0.15, 0.2) is 6.10 Å². The van der Waals surface area contributed by atoms with Crippen molar-refractivity contribution in [3.05, 3.63) is 97.2 Å². The van der Waals surface area contributed by atoms with Gasteiger partial charge in [0.1, 0.15) is 6.61 Å². The maximum Gasteiger partial charge on any atom is 0.469 e. The van der Waals surface area contributed by atoms with Gasteiger partial charge in [-0.3, -0.25) is 14.1 Å². The Morgan fingerprint density at radius 3 is 1.64 bits per heavy atom. The molecule has 1 saturated heterocycles. The van der Waals surface area contributed by atoms with Crippen LogP contribution >= 0.6 is 7.82 Å². The minimum Gasteiger partial charge on any atom is -0.462 e. The van der Waals surface area contributed by atoms with Gasteiger partial charge in [-0.05, 0) is 83.5 Å². The van der Waals surface area contributed by atoms with Crippen molar-refractivity contribution in [2.45, 2.75) is 148 Å². The number of carbonyl (C=O) groups excluding carboxylic acids is 2. The van der Waals surface area contributed by atoms with Crippen LogP contribution in [0.5, 0.6) is 0 Å². The van der Waals surface area contributed by atoms with Gasteiger partial charge in [0.2, 0.25) is 0 Å². The van der Waals surface area contributed by atoms with Crippen molar-refractivity contribution in [1.29, 1.82) is 0 Å². The van der Waals surface area contributed by atoms with E-state index in [0.717, 1.165) is 89.9 Å². The molecule has 1 rings (SSSR count). The summed E-state index contributed by atoms with van der Waals surface area (Å²) in [4.78, 5) is 42.7. The number of phosphoric ester groups is 1. The molecule has 10 heteroatoms. The summed E-state index contributed by atoms with van der Waals surface area (Å²) in [6, 6.07) is 0. The molecule has 0 aliphatic carbocycles. The Kier molecular flexibility index (Phi) is 30.3. The molecule has 298 valence electrons. The molecular formula is C43H67O9P. The van der Waals surface area contributed by atoms with Gasteiger partial charge in [-0.2, -0.15) is 0 Å². The average Bonchev–Trinajstić information content (AvgIpc) is 3.88. The number of unbranched alkanes of at least 4 members (excludes halogenated alkanes) is 5. The smallest absolute Gasteiger partial charge is 0.462 e. The number of carbonyl (C=O) groups is 2. The normalized spacial score (nSPS) is 17.4. The Morgan fingerprint density at radius 2 is 1.06 bits per heavy atom. The van der Waals surface area contributed by atoms with Crippen LogP contribution < -0.4 is 0 Å². The lowest BCUT2D eigenvalue weighted by molar-refractivity contribution is -0.161. The van der Waals surface area contributed by atoms with Crippen LogP contribution in [0, 0.1) is 0 Å². The van der Waals surface area contributed by atoms with E-state index in [1.54, 1.807) is 0 Å². The highest BCUT2D eigenvalue weighted by Gasteiger charge is 2.35. The van der Waals surface area contributed by atoms with Crippen molar-refractivity contribution in [3.63, 3.8) is 0 Å². The van der Waals surface area contributed by atoms with Crippen LogP contribution in [-0.4, -0.2) is 53.3 Å². The van der Waals surface area contributed by atoms with Crippen LogP contribution in [0.1, 0.15) is 129 Å². The fourth-order valence-corrected chi connectivity index (χ4v) is 5.40. The first-order chi connectivity index (χ1) is 25.7. The molecule has 1 aliphatic rings. The summed E-state index contributed by atoms with van der Waals surface area (Å²) in [5.41, 5.74) is 0. The second-order valence-corrected chi connectivity index (χ2v) is 14.1. The zero-order valence-corrected chi connectivity index (χ0v) is 33.2. The van der Waals surface area contributed by atoms with E-state index < -0.39 is 32.5 Å². The lowest BCUT2D eigenvalue weighted by atomic mass is 10.1. The van der Waals surface area contributed by atoms with E-state index in [-0.39, 0.29) is 19.4 Å². The summed E-state index contributed by atoms with van der Waals surface area (Å²) in [6.45, 7) is 3.35. The first kappa shape index (κ1) is 48.0. The predicted molar refractivity (Wildman–Crippen MR) is 215 cm³/mol. The molecule has 1 aliphatic heterocycles. The first-order valence-electron chi connectivity index (χ1n) is 19.7. The predicted octanol–water partition coefficient (Wildman–Crippen LogP) is 10.8. The second-order valence-electron chi connectivity index (χ2n) is 12.9. The van der Waals surface area contributed by atoms with Gasteiger partial charge in [-0.15, -0.1) is 0 Å². The van der Waals surface area contributed by atoms with Crippen molar-refractivity contribution in [1.82, 2.24) is 0 Å². The third-order valence-electron chi connectivity index (χ3n) is 8.01. The summed E-state index contributed by atoms with van der Waals surface area (Å²) in [6.07, 6.45) is 48.9. The molecule has 0 radical (unpaired) electrons. The van der Waals surface area contributed by atoms with Crippen molar-refractivity contribution >= 4 is 19.8 Å². The van der Waals surface area contributed by atoms with E-state index in [2.05, 4.69) is 103 Å². The van der Waals surface area contributed by atoms with E-state index in [1.165, 1.54) is 0 Å². The Bertz CT molecular complexity index is 1240. The summed E-state index contributed by atoms with van der Waals surface area (Å²) < 4.78 is 31.9. The third-order valence-corrected chi connectivity index (χ3v) is 8.50. The van der Waals surface area contributed by atoms with Gasteiger partial charge in [-0.1, -0.05) is 130 Å². The fraction of sp³-hybridized carbons (Fsp3) is 0.581. The molecule has 1 fully saturated rings. The SMILES string of the molecule is CC/C=C\C/C=C\C/C=C\CCCCCCCC(=O)OC[C@H](COP(=O)(O)O)OC(=O)CC/C=C\C/C=C\C/C=C\C/C=C\CC1OC1C/C=C\CC. The summed E-state index contributed by atoms with van der Waals surface area (Å²) >= 11 is 0. The van der Waals surface area contributed by atoms with Gasteiger partial charge in [0.25, 0.3) is 0 Å². The summed E-state index contributed by atoms with van der Waals surface area (Å²) in [7, 11) is -4.79. The number of hydrogen-bond donors (Lipinski definition) is 2. The third kappa shape index (κ3) is 33.3. The molecular weight excluding hydrogens is 691 g/mol. The van der Waals surface area contributed by atoms with E-state index >= 15 is 0 Å². The van der Waals surface area contributed by atoms with Crippen LogP contribution in [0.15, 0.2) is 97.2 Å². The largest absolute Gasteiger partial charge is 0.469 e. The monoisotopic (exact) mass is 758 g/mol. The molecule has 0 aromatic heterocycles.